The molecule has 0 aliphatic carbocycles. The molecule has 1 rings (SSSR count). The quantitative estimate of drug-likeness (QED) is 0.699. The van der Waals surface area contributed by atoms with Crippen molar-refractivity contribution in [3.63, 3.8) is 0 Å². The van der Waals surface area contributed by atoms with E-state index in [4.69, 9.17) is 10.2 Å². The van der Waals surface area contributed by atoms with E-state index in [0.717, 1.165) is 0 Å². The molecule has 0 heterocycles. The minimum atomic E-state index is -3.67. The first kappa shape index (κ1) is 11.7. The van der Waals surface area contributed by atoms with Crippen LogP contribution in [0.4, 0.5) is 0 Å². The van der Waals surface area contributed by atoms with Crippen LogP contribution < -0.4 is 5.14 Å². The Labute approximate surface area is 88.8 Å². The van der Waals surface area contributed by atoms with E-state index in [1.54, 1.807) is 12.1 Å². The van der Waals surface area contributed by atoms with Gasteiger partial charge in [-0.2, -0.15) is 0 Å². The maximum absolute atomic E-state index is 11.0. The minimum Gasteiger partial charge on any atom is -0.395 e. The Morgan fingerprint density at radius 3 is 2.73 bits per heavy atom. The monoisotopic (exact) mass is 225 g/mol. The zero-order valence-electron chi connectivity index (χ0n) is 7.97. The van der Waals surface area contributed by atoms with Gasteiger partial charge in [-0.25, -0.2) is 13.6 Å². The first-order chi connectivity index (χ1) is 7.04. The van der Waals surface area contributed by atoms with Crippen LogP contribution in [0.5, 0.6) is 0 Å². The fraction of sp³-hybridized carbons (Fsp3) is 0.200. The summed E-state index contributed by atoms with van der Waals surface area (Å²) in [4.78, 5) is 0.0401. The molecule has 0 saturated heterocycles. The lowest BCUT2D eigenvalue weighted by Gasteiger charge is -1.97. The molecule has 0 saturated carbocycles. The average molecular weight is 225 g/mol. The van der Waals surface area contributed by atoms with Crippen molar-refractivity contribution in [3.8, 4) is 11.8 Å². The molecule has 0 aromatic heterocycles. The van der Waals surface area contributed by atoms with E-state index in [1.165, 1.54) is 12.1 Å². The molecule has 15 heavy (non-hydrogen) atoms. The summed E-state index contributed by atoms with van der Waals surface area (Å²) in [6, 6.07) is 6.06. The number of aliphatic hydroxyl groups is 1. The molecule has 0 unspecified atom stereocenters. The topological polar surface area (TPSA) is 80.4 Å². The molecular formula is C10H11NO3S. The lowest BCUT2D eigenvalue weighted by molar-refractivity contribution is 0.305. The smallest absolute Gasteiger partial charge is 0.238 e. The molecule has 0 aliphatic heterocycles. The van der Waals surface area contributed by atoms with Crippen molar-refractivity contribution in [2.75, 3.05) is 6.61 Å². The van der Waals surface area contributed by atoms with E-state index in [1.807, 2.05) is 0 Å². The molecule has 1 aromatic carbocycles. The number of benzene rings is 1. The van der Waals surface area contributed by atoms with E-state index in [9.17, 15) is 8.42 Å². The summed E-state index contributed by atoms with van der Waals surface area (Å²) >= 11 is 0. The molecule has 0 spiro atoms. The fourth-order valence-electron chi connectivity index (χ4n) is 0.971. The molecule has 0 aliphatic rings. The van der Waals surface area contributed by atoms with Crippen molar-refractivity contribution in [1.29, 1.82) is 0 Å². The molecule has 1 aromatic rings. The summed E-state index contributed by atoms with van der Waals surface area (Å²) in [5.74, 6) is 5.42. The fourth-order valence-corrected chi connectivity index (χ4v) is 1.53. The molecule has 0 fully saturated rings. The zero-order valence-corrected chi connectivity index (χ0v) is 8.79. The van der Waals surface area contributed by atoms with Gasteiger partial charge < -0.3 is 5.11 Å². The van der Waals surface area contributed by atoms with Gasteiger partial charge in [0.05, 0.1) is 11.5 Å². The molecule has 0 bridgehead atoms. The summed E-state index contributed by atoms with van der Waals surface area (Å²) in [7, 11) is -3.67. The van der Waals surface area contributed by atoms with Crippen LogP contribution in [0.25, 0.3) is 0 Å². The predicted molar refractivity (Wildman–Crippen MR) is 56.4 cm³/mol. The molecule has 0 atom stereocenters. The molecule has 4 nitrogen and oxygen atoms in total. The third-order valence-corrected chi connectivity index (χ3v) is 2.54. The maximum Gasteiger partial charge on any atom is 0.238 e. The van der Waals surface area contributed by atoms with Gasteiger partial charge in [-0.15, -0.1) is 0 Å². The largest absolute Gasteiger partial charge is 0.395 e. The van der Waals surface area contributed by atoms with Crippen molar-refractivity contribution in [3.05, 3.63) is 29.8 Å². The van der Waals surface area contributed by atoms with E-state index in [0.29, 0.717) is 12.0 Å². The SMILES string of the molecule is NS(=O)(=O)c1cccc(C#CCCO)c1. The van der Waals surface area contributed by atoms with Gasteiger partial charge in [0.1, 0.15) is 0 Å². The Morgan fingerprint density at radius 2 is 2.13 bits per heavy atom. The first-order valence-electron chi connectivity index (χ1n) is 4.26. The van der Waals surface area contributed by atoms with Crippen LogP contribution >= 0.6 is 0 Å². The highest BCUT2D eigenvalue weighted by Crippen LogP contribution is 2.08. The number of sulfonamides is 1. The van der Waals surface area contributed by atoms with Crippen molar-refractivity contribution in [1.82, 2.24) is 0 Å². The van der Waals surface area contributed by atoms with Crippen molar-refractivity contribution in [2.45, 2.75) is 11.3 Å². The molecule has 80 valence electrons. The Bertz CT molecular complexity index is 497. The van der Waals surface area contributed by atoms with Crippen molar-refractivity contribution >= 4 is 10.0 Å². The van der Waals surface area contributed by atoms with Crippen LogP contribution in [0, 0.1) is 11.8 Å². The second kappa shape index (κ2) is 4.94. The summed E-state index contributed by atoms with van der Waals surface area (Å²) in [5.41, 5.74) is 0.565. The normalized spacial score (nSPS) is 10.5. The second-order valence-corrected chi connectivity index (χ2v) is 4.41. The molecule has 0 amide bonds. The average Bonchev–Trinajstić information content (AvgIpc) is 2.17. The molecule has 3 N–H and O–H groups in total. The number of hydrogen-bond acceptors (Lipinski definition) is 3. The van der Waals surface area contributed by atoms with E-state index in [-0.39, 0.29) is 11.5 Å². The van der Waals surface area contributed by atoms with Crippen LogP contribution in [0.1, 0.15) is 12.0 Å². The summed E-state index contributed by atoms with van der Waals surface area (Å²) in [6.07, 6.45) is 0.361. The highest BCUT2D eigenvalue weighted by atomic mass is 32.2. The number of rotatable bonds is 2. The maximum atomic E-state index is 11.0. The zero-order chi connectivity index (χ0) is 11.3. The Kier molecular flexibility index (Phi) is 3.86. The van der Waals surface area contributed by atoms with Crippen molar-refractivity contribution in [2.24, 2.45) is 5.14 Å². The Hall–Kier alpha value is -1.35. The second-order valence-electron chi connectivity index (χ2n) is 2.85. The standard InChI is InChI=1S/C10H11NO3S/c11-15(13,14)10-6-3-5-9(8-10)4-1-2-7-12/h3,5-6,8,12H,2,7H2,(H2,11,13,14). The highest BCUT2D eigenvalue weighted by Gasteiger charge is 2.06. The molecule has 5 heteroatoms. The van der Waals surface area contributed by atoms with E-state index < -0.39 is 10.0 Å². The van der Waals surface area contributed by atoms with Gasteiger partial charge in [0, 0.05) is 12.0 Å². The van der Waals surface area contributed by atoms with Crippen LogP contribution in [-0.4, -0.2) is 20.1 Å². The van der Waals surface area contributed by atoms with Gasteiger partial charge in [0.2, 0.25) is 10.0 Å². The van der Waals surface area contributed by atoms with Crippen LogP contribution in [-0.2, 0) is 10.0 Å². The predicted octanol–water partition coefficient (Wildman–Crippen LogP) is 0.0679. The van der Waals surface area contributed by atoms with Gasteiger partial charge in [-0.05, 0) is 18.2 Å². The number of nitrogens with two attached hydrogens (primary N) is 1. The Balaban J connectivity index is 3.00. The summed E-state index contributed by atoms with van der Waals surface area (Å²) in [5, 5.41) is 13.5. The third kappa shape index (κ3) is 3.72. The lowest BCUT2D eigenvalue weighted by Crippen LogP contribution is -2.11. The van der Waals surface area contributed by atoms with E-state index >= 15 is 0 Å². The van der Waals surface area contributed by atoms with Crippen LogP contribution in [0.15, 0.2) is 29.2 Å². The molecule has 0 radical (unpaired) electrons. The van der Waals surface area contributed by atoms with Gasteiger partial charge >= 0.3 is 0 Å². The summed E-state index contributed by atoms with van der Waals surface area (Å²) in [6.45, 7) is -0.0120. The summed E-state index contributed by atoms with van der Waals surface area (Å²) < 4.78 is 22.0. The number of primary sulfonamides is 1. The van der Waals surface area contributed by atoms with E-state index in [2.05, 4.69) is 11.8 Å². The third-order valence-electron chi connectivity index (χ3n) is 1.63. The van der Waals surface area contributed by atoms with Crippen LogP contribution in [0.3, 0.4) is 0 Å². The highest BCUT2D eigenvalue weighted by molar-refractivity contribution is 7.89. The Morgan fingerprint density at radius 1 is 1.40 bits per heavy atom. The van der Waals surface area contributed by atoms with Crippen molar-refractivity contribution < 1.29 is 13.5 Å². The van der Waals surface area contributed by atoms with Gasteiger partial charge in [-0.3, -0.25) is 0 Å². The van der Waals surface area contributed by atoms with Gasteiger partial charge in [-0.1, -0.05) is 17.9 Å². The molecular weight excluding hydrogens is 214 g/mol. The number of hydrogen-bond donors (Lipinski definition) is 2. The minimum absolute atomic E-state index is 0.0120. The first-order valence-corrected chi connectivity index (χ1v) is 5.81. The number of aliphatic hydroxyl groups excluding tert-OH is 1. The van der Waals surface area contributed by atoms with Crippen LogP contribution in [0.2, 0.25) is 0 Å². The van der Waals surface area contributed by atoms with Gasteiger partial charge in [0.25, 0.3) is 0 Å². The van der Waals surface area contributed by atoms with Gasteiger partial charge in [0.15, 0.2) is 0 Å². The lowest BCUT2D eigenvalue weighted by atomic mass is 10.2.